The molecule has 0 radical (unpaired) electrons. The Morgan fingerprint density at radius 1 is 1.31 bits per heavy atom. The van der Waals surface area contributed by atoms with Crippen LogP contribution >= 0.6 is 11.3 Å². The van der Waals surface area contributed by atoms with Crippen LogP contribution in [0.2, 0.25) is 0 Å². The van der Waals surface area contributed by atoms with Crippen molar-refractivity contribution in [2.45, 2.75) is 65.2 Å². The molecular weight excluding hydrogens is 552 g/mol. The average Bonchev–Trinajstić information content (AvgIpc) is 3.60. The van der Waals surface area contributed by atoms with Gasteiger partial charge in [-0.25, -0.2) is 14.8 Å². The Balaban J connectivity index is 1.40. The maximum atomic E-state index is 12.5. The van der Waals surface area contributed by atoms with E-state index in [0.717, 1.165) is 15.8 Å². The van der Waals surface area contributed by atoms with Crippen LogP contribution in [0.15, 0.2) is 52.1 Å². The summed E-state index contributed by atoms with van der Waals surface area (Å²) in [5, 5.41) is 13.9. The molecule has 218 valence electrons. The number of nitrogens with two attached hydrogens (primary N) is 1. The van der Waals surface area contributed by atoms with Crippen LogP contribution in [0, 0.1) is 11.3 Å². The lowest BCUT2D eigenvalue weighted by molar-refractivity contribution is -0.525. The number of hydrazone groups is 1. The predicted molar refractivity (Wildman–Crippen MR) is 162 cm³/mol. The molecule has 1 saturated heterocycles. The van der Waals surface area contributed by atoms with E-state index >= 15 is 0 Å². The fraction of sp³-hybridized carbons (Fsp3) is 0.400. The van der Waals surface area contributed by atoms with Crippen LogP contribution in [-0.4, -0.2) is 57.1 Å². The quantitative estimate of drug-likeness (QED) is 0.142. The standard InChI is InChI=1S/C30H34N8O3S/c1-18(35-21-9-11-37(12-10-21)29(39)41-30(3,4)5)27(36-32)20-13-25-33-16-22(15-31)38(25)26(14-20)40-19(2)23-7-6-8-24-28(23)42-17-34-24/h6-8,13-14,16-17,19,21H,9-12H2,1-5H3,(H2,32,33,35)/p+1. The van der Waals surface area contributed by atoms with Gasteiger partial charge in [-0.15, -0.1) is 15.7 Å². The Kier molecular flexibility index (Phi) is 8.13. The molecule has 5 rings (SSSR count). The summed E-state index contributed by atoms with van der Waals surface area (Å²) in [6.45, 7) is 10.6. The maximum Gasteiger partial charge on any atom is 0.410 e. The van der Waals surface area contributed by atoms with Crippen LogP contribution in [-0.2, 0) is 4.74 Å². The fourth-order valence-corrected chi connectivity index (χ4v) is 6.01. The summed E-state index contributed by atoms with van der Waals surface area (Å²) in [4.78, 5) is 26.7. The van der Waals surface area contributed by atoms with Crippen LogP contribution in [0.1, 0.15) is 70.4 Å². The highest BCUT2D eigenvalue weighted by Crippen LogP contribution is 2.30. The largest absolute Gasteiger partial charge is 0.454 e. The van der Waals surface area contributed by atoms with Crippen LogP contribution < -0.4 is 15.0 Å². The number of rotatable bonds is 6. The summed E-state index contributed by atoms with van der Waals surface area (Å²) in [7, 11) is 0. The normalized spacial score (nSPS) is 16.0. The van der Waals surface area contributed by atoms with E-state index in [0.29, 0.717) is 60.1 Å². The molecule has 0 saturated carbocycles. The summed E-state index contributed by atoms with van der Waals surface area (Å²) in [5.41, 5.74) is 6.17. The smallest absolute Gasteiger partial charge is 0.410 e. The van der Waals surface area contributed by atoms with Crippen molar-refractivity contribution in [2.75, 3.05) is 13.1 Å². The number of aromatic nitrogens is 3. The number of benzene rings is 1. The Hall–Kier alpha value is -4.50. The molecule has 1 fully saturated rings. The number of nitrogens with one attached hydrogen (secondary N) is 1. The Bertz CT molecular complexity index is 1720. The van der Waals surface area contributed by atoms with Crippen molar-refractivity contribution in [2.24, 2.45) is 15.9 Å². The van der Waals surface area contributed by atoms with Gasteiger partial charge in [0.25, 0.3) is 17.2 Å². The minimum absolute atomic E-state index is 0.0184. The maximum absolute atomic E-state index is 12.5. The monoisotopic (exact) mass is 587 g/mol. The molecule has 0 aliphatic carbocycles. The van der Waals surface area contributed by atoms with Gasteiger partial charge in [-0.1, -0.05) is 12.1 Å². The van der Waals surface area contributed by atoms with Gasteiger partial charge in [0.2, 0.25) is 0 Å². The van der Waals surface area contributed by atoms with Crippen LogP contribution in [0.4, 0.5) is 4.79 Å². The number of thiazole rings is 1. The SMILES string of the molecule is CC(=NC1CCN(C(=O)OC(C)(C)C)CC1)/C(=N\N)c1cc(OC(C)c2cccc3ncsc23)[n+]2c(C#N)c[nH]c2c1. The zero-order valence-corrected chi connectivity index (χ0v) is 25.2. The highest BCUT2D eigenvalue weighted by molar-refractivity contribution is 7.17. The second-order valence-electron chi connectivity index (χ2n) is 11.3. The number of hydrogen-bond donors (Lipinski definition) is 2. The summed E-state index contributed by atoms with van der Waals surface area (Å²) in [5.74, 6) is 6.39. The van der Waals surface area contributed by atoms with E-state index in [2.05, 4.69) is 21.1 Å². The Morgan fingerprint density at radius 2 is 2.07 bits per heavy atom. The van der Waals surface area contributed by atoms with Crippen LogP contribution in [0.3, 0.4) is 0 Å². The lowest BCUT2D eigenvalue weighted by Crippen LogP contribution is -2.42. The lowest BCUT2D eigenvalue weighted by atomic mass is 10.0. The highest BCUT2D eigenvalue weighted by atomic mass is 32.1. The number of H-pyrrole nitrogens is 1. The summed E-state index contributed by atoms with van der Waals surface area (Å²) in [6, 6.07) is 11.9. The first kappa shape index (κ1) is 29.0. The fourth-order valence-electron chi connectivity index (χ4n) is 5.13. The molecule has 4 heterocycles. The number of amides is 1. The minimum Gasteiger partial charge on any atom is -0.454 e. The van der Waals surface area contributed by atoms with Crippen LogP contribution in [0.25, 0.3) is 15.9 Å². The van der Waals surface area contributed by atoms with Crippen molar-refractivity contribution in [3.8, 4) is 11.9 Å². The van der Waals surface area contributed by atoms with Gasteiger partial charge in [-0.05, 0) is 53.5 Å². The molecule has 1 unspecified atom stereocenters. The number of carbonyl (C=O) groups excluding carboxylic acids is 1. The summed E-state index contributed by atoms with van der Waals surface area (Å²) < 4.78 is 14.8. The van der Waals surface area contributed by atoms with Crippen molar-refractivity contribution < 1.29 is 18.7 Å². The van der Waals surface area contributed by atoms with Crippen molar-refractivity contribution >= 4 is 44.7 Å². The van der Waals surface area contributed by atoms with E-state index < -0.39 is 5.60 Å². The molecule has 1 aliphatic heterocycles. The number of hydrogen-bond acceptors (Lipinski definition) is 9. The first-order valence-electron chi connectivity index (χ1n) is 13.8. The third-order valence-electron chi connectivity index (χ3n) is 7.10. The van der Waals surface area contributed by atoms with Gasteiger partial charge in [0.1, 0.15) is 29.7 Å². The number of fused-ring (bicyclic) bond motifs is 2. The van der Waals surface area contributed by atoms with Crippen molar-refractivity contribution in [3.05, 3.63) is 58.9 Å². The lowest BCUT2D eigenvalue weighted by Gasteiger charge is -2.32. The molecule has 3 aromatic heterocycles. The van der Waals surface area contributed by atoms with E-state index in [9.17, 15) is 10.1 Å². The van der Waals surface area contributed by atoms with Gasteiger partial charge < -0.3 is 20.2 Å². The number of aliphatic imine (C=N–C) groups is 1. The molecule has 1 atom stereocenters. The first-order valence-corrected chi connectivity index (χ1v) is 14.7. The van der Waals surface area contributed by atoms with Crippen molar-refractivity contribution in [3.63, 3.8) is 0 Å². The van der Waals surface area contributed by atoms with E-state index in [1.807, 2.05) is 70.5 Å². The Morgan fingerprint density at radius 3 is 2.76 bits per heavy atom. The van der Waals surface area contributed by atoms with E-state index in [1.165, 1.54) is 0 Å². The first-order chi connectivity index (χ1) is 20.1. The second kappa shape index (κ2) is 11.8. The summed E-state index contributed by atoms with van der Waals surface area (Å²) in [6.07, 6.45) is 2.43. The third-order valence-corrected chi connectivity index (χ3v) is 8.00. The average molecular weight is 588 g/mol. The molecule has 0 bridgehead atoms. The molecular formula is C30H35N8O3S+. The number of ether oxygens (including phenoxy) is 2. The van der Waals surface area contributed by atoms with E-state index in [1.54, 1.807) is 26.8 Å². The molecule has 11 nitrogen and oxygen atoms in total. The van der Waals surface area contributed by atoms with Crippen molar-refractivity contribution in [1.82, 2.24) is 14.9 Å². The van der Waals surface area contributed by atoms with E-state index in [-0.39, 0.29) is 18.2 Å². The van der Waals surface area contributed by atoms with Gasteiger partial charge in [-0.3, -0.25) is 4.99 Å². The van der Waals surface area contributed by atoms with Gasteiger partial charge in [-0.2, -0.15) is 10.4 Å². The second-order valence-corrected chi connectivity index (χ2v) is 12.1. The molecule has 42 heavy (non-hydrogen) atoms. The van der Waals surface area contributed by atoms with E-state index in [4.69, 9.17) is 20.3 Å². The van der Waals surface area contributed by atoms with Gasteiger partial charge in [0.15, 0.2) is 0 Å². The zero-order chi connectivity index (χ0) is 30.0. The number of piperidine rings is 1. The molecule has 1 amide bonds. The molecule has 4 aromatic rings. The number of nitriles is 1. The molecule has 3 N–H and O–H groups in total. The number of pyridine rings is 1. The van der Waals surface area contributed by atoms with Gasteiger partial charge >= 0.3 is 6.09 Å². The number of nitrogens with zero attached hydrogens (tertiary/aromatic N) is 6. The molecule has 1 aliphatic rings. The van der Waals surface area contributed by atoms with Gasteiger partial charge in [0.05, 0.1) is 27.5 Å². The minimum atomic E-state index is -0.531. The number of imidazole rings is 1. The predicted octanol–water partition coefficient (Wildman–Crippen LogP) is 4.90. The molecule has 1 aromatic carbocycles. The van der Waals surface area contributed by atoms with Crippen LogP contribution in [0.5, 0.6) is 5.88 Å². The number of carbonyl (C=O) groups is 1. The highest BCUT2D eigenvalue weighted by Gasteiger charge is 2.28. The number of aromatic amines is 1. The molecule has 12 heteroatoms. The zero-order valence-electron chi connectivity index (χ0n) is 24.4. The number of likely N-dealkylation sites (tertiary alicyclic amines) is 1. The Labute approximate surface area is 248 Å². The third kappa shape index (κ3) is 6.06. The van der Waals surface area contributed by atoms with Gasteiger partial charge in [0, 0.05) is 36.3 Å². The topological polar surface area (TPSA) is 146 Å². The summed E-state index contributed by atoms with van der Waals surface area (Å²) >= 11 is 1.57. The molecule has 0 spiro atoms. The van der Waals surface area contributed by atoms with Crippen molar-refractivity contribution in [1.29, 1.82) is 5.26 Å².